The number of ether oxygens (including phenoxy) is 1. The quantitative estimate of drug-likeness (QED) is 0.365. The minimum absolute atomic E-state index is 0.0950. The zero-order valence-electron chi connectivity index (χ0n) is 14.8. The molecule has 0 N–H and O–H groups in total. The molecule has 1 aliphatic carbocycles. The Kier molecular flexibility index (Phi) is 7.39. The van der Waals surface area contributed by atoms with Crippen molar-refractivity contribution in [3.63, 3.8) is 0 Å². The molecular formula is C19H34O3. The average Bonchev–Trinajstić information content (AvgIpc) is 2.49. The van der Waals surface area contributed by atoms with Crippen LogP contribution in [-0.4, -0.2) is 18.5 Å². The fourth-order valence-corrected chi connectivity index (χ4v) is 3.66. The fraction of sp³-hybridized carbons (Fsp3) is 0.895. The summed E-state index contributed by atoms with van der Waals surface area (Å²) in [5.74, 6) is 2.04. The molecule has 1 aliphatic heterocycles. The van der Waals surface area contributed by atoms with Crippen LogP contribution in [0.25, 0.3) is 0 Å². The molecule has 0 aromatic rings. The highest BCUT2D eigenvalue weighted by atomic mass is 17.2. The Balaban J connectivity index is 1.81. The Hall–Kier alpha value is -0.380. The van der Waals surface area contributed by atoms with Gasteiger partial charge < -0.3 is 4.74 Å². The van der Waals surface area contributed by atoms with E-state index in [1.807, 2.05) is 6.08 Å². The summed E-state index contributed by atoms with van der Waals surface area (Å²) >= 11 is 0. The predicted octanol–water partition coefficient (Wildman–Crippen LogP) is 5.26. The van der Waals surface area contributed by atoms with Gasteiger partial charge in [0.25, 0.3) is 0 Å². The van der Waals surface area contributed by atoms with Crippen molar-refractivity contribution >= 4 is 0 Å². The summed E-state index contributed by atoms with van der Waals surface area (Å²) in [5.41, 5.74) is 0. The van der Waals surface area contributed by atoms with Crippen molar-refractivity contribution < 1.29 is 14.5 Å². The highest BCUT2D eigenvalue weighted by molar-refractivity contribution is 4.94. The summed E-state index contributed by atoms with van der Waals surface area (Å²) in [7, 11) is 0. The van der Waals surface area contributed by atoms with Gasteiger partial charge in [-0.15, -0.1) is 0 Å². The molecule has 2 aliphatic rings. The van der Waals surface area contributed by atoms with Crippen molar-refractivity contribution in [2.24, 2.45) is 17.8 Å². The van der Waals surface area contributed by atoms with Crippen LogP contribution in [0.1, 0.15) is 72.6 Å². The summed E-state index contributed by atoms with van der Waals surface area (Å²) < 4.78 is 6.22. The van der Waals surface area contributed by atoms with Gasteiger partial charge in [0.05, 0.1) is 6.10 Å². The maximum Gasteiger partial charge on any atom is 0.210 e. The van der Waals surface area contributed by atoms with Gasteiger partial charge in [-0.05, 0) is 43.1 Å². The molecule has 0 aromatic carbocycles. The SMILES string of the molecule is CCCCC[C@@H]1C=C[C@@H](O[C@@H]2C[C@H](C)CC[C@H]2C(C)C)OO1. The summed E-state index contributed by atoms with van der Waals surface area (Å²) in [5, 5.41) is 0. The zero-order chi connectivity index (χ0) is 15.9. The molecular weight excluding hydrogens is 276 g/mol. The van der Waals surface area contributed by atoms with E-state index in [9.17, 15) is 0 Å². The van der Waals surface area contributed by atoms with Gasteiger partial charge in [-0.2, -0.15) is 4.89 Å². The smallest absolute Gasteiger partial charge is 0.210 e. The van der Waals surface area contributed by atoms with Crippen LogP contribution < -0.4 is 0 Å². The van der Waals surface area contributed by atoms with Gasteiger partial charge in [0, 0.05) is 0 Å². The van der Waals surface area contributed by atoms with Crippen LogP contribution in [0.4, 0.5) is 0 Å². The second-order valence-electron chi connectivity index (χ2n) is 7.48. The van der Waals surface area contributed by atoms with E-state index in [1.54, 1.807) is 0 Å². The highest BCUT2D eigenvalue weighted by Gasteiger charge is 2.33. The van der Waals surface area contributed by atoms with Gasteiger partial charge in [0.15, 0.2) is 0 Å². The lowest BCUT2D eigenvalue weighted by atomic mass is 9.75. The van der Waals surface area contributed by atoms with Gasteiger partial charge >= 0.3 is 0 Å². The van der Waals surface area contributed by atoms with Crippen molar-refractivity contribution in [1.29, 1.82) is 0 Å². The lowest BCUT2D eigenvalue weighted by Gasteiger charge is -2.38. The molecule has 1 saturated carbocycles. The van der Waals surface area contributed by atoms with Crippen LogP contribution in [0.15, 0.2) is 12.2 Å². The molecule has 0 unspecified atom stereocenters. The van der Waals surface area contributed by atoms with Crippen molar-refractivity contribution in [3.8, 4) is 0 Å². The van der Waals surface area contributed by atoms with E-state index < -0.39 is 0 Å². The number of unbranched alkanes of at least 4 members (excludes halogenated alkanes) is 2. The second-order valence-corrected chi connectivity index (χ2v) is 7.48. The van der Waals surface area contributed by atoms with E-state index in [0.29, 0.717) is 17.9 Å². The van der Waals surface area contributed by atoms with Crippen molar-refractivity contribution in [3.05, 3.63) is 12.2 Å². The second kappa shape index (κ2) is 9.05. The van der Waals surface area contributed by atoms with Crippen LogP contribution in [0.2, 0.25) is 0 Å². The van der Waals surface area contributed by atoms with Gasteiger partial charge in [0.2, 0.25) is 6.29 Å². The van der Waals surface area contributed by atoms with E-state index in [0.717, 1.165) is 18.8 Å². The summed E-state index contributed by atoms with van der Waals surface area (Å²) in [4.78, 5) is 11.0. The molecule has 2 rings (SSSR count). The van der Waals surface area contributed by atoms with E-state index in [-0.39, 0.29) is 12.4 Å². The summed E-state index contributed by atoms with van der Waals surface area (Å²) in [6, 6.07) is 0. The van der Waals surface area contributed by atoms with Gasteiger partial charge in [-0.3, -0.25) is 0 Å². The van der Waals surface area contributed by atoms with E-state index in [1.165, 1.54) is 32.1 Å². The standard InChI is InChI=1S/C19H34O3/c1-5-6-7-8-16-10-12-19(22-21-16)20-18-13-15(4)9-11-17(18)14(2)3/h10,12,14-19H,5-9,11,13H2,1-4H3/t15-,16-,17+,18-,19+/m1/s1. The molecule has 0 amide bonds. The minimum atomic E-state index is -0.334. The maximum absolute atomic E-state index is 6.22. The lowest BCUT2D eigenvalue weighted by Crippen LogP contribution is -2.38. The third-order valence-corrected chi connectivity index (χ3v) is 5.12. The highest BCUT2D eigenvalue weighted by Crippen LogP contribution is 2.36. The van der Waals surface area contributed by atoms with Gasteiger partial charge in [-0.25, -0.2) is 4.89 Å². The molecule has 0 aromatic heterocycles. The first-order chi connectivity index (χ1) is 10.6. The Bertz CT molecular complexity index is 340. The molecule has 3 heteroatoms. The molecule has 0 radical (unpaired) electrons. The monoisotopic (exact) mass is 310 g/mol. The Morgan fingerprint density at radius 3 is 2.59 bits per heavy atom. The average molecular weight is 310 g/mol. The van der Waals surface area contributed by atoms with Crippen LogP contribution >= 0.6 is 0 Å². The van der Waals surface area contributed by atoms with Crippen LogP contribution in [-0.2, 0) is 14.5 Å². The van der Waals surface area contributed by atoms with Gasteiger partial charge in [0.1, 0.15) is 6.10 Å². The van der Waals surface area contributed by atoms with E-state index >= 15 is 0 Å². The molecule has 128 valence electrons. The number of hydrogen-bond acceptors (Lipinski definition) is 3. The number of hydrogen-bond donors (Lipinski definition) is 0. The minimum Gasteiger partial charge on any atom is -0.343 e. The topological polar surface area (TPSA) is 27.7 Å². The molecule has 0 bridgehead atoms. The fourth-order valence-electron chi connectivity index (χ4n) is 3.66. The largest absolute Gasteiger partial charge is 0.343 e. The molecule has 0 saturated heterocycles. The molecule has 3 nitrogen and oxygen atoms in total. The molecule has 1 heterocycles. The molecule has 1 fully saturated rings. The molecule has 22 heavy (non-hydrogen) atoms. The van der Waals surface area contributed by atoms with Gasteiger partial charge in [-0.1, -0.05) is 59.5 Å². The third kappa shape index (κ3) is 5.36. The molecule has 0 spiro atoms. The molecule has 5 atom stereocenters. The van der Waals surface area contributed by atoms with Crippen LogP contribution in [0, 0.1) is 17.8 Å². The third-order valence-electron chi connectivity index (χ3n) is 5.12. The first-order valence-corrected chi connectivity index (χ1v) is 9.26. The van der Waals surface area contributed by atoms with Crippen molar-refractivity contribution in [2.75, 3.05) is 0 Å². The Morgan fingerprint density at radius 1 is 1.14 bits per heavy atom. The van der Waals surface area contributed by atoms with Crippen LogP contribution in [0.3, 0.4) is 0 Å². The van der Waals surface area contributed by atoms with Crippen molar-refractivity contribution in [2.45, 2.75) is 91.1 Å². The Labute approximate surface area is 136 Å². The summed E-state index contributed by atoms with van der Waals surface area (Å²) in [6.45, 7) is 9.14. The van der Waals surface area contributed by atoms with Crippen molar-refractivity contribution in [1.82, 2.24) is 0 Å². The predicted molar refractivity (Wildman–Crippen MR) is 89.2 cm³/mol. The maximum atomic E-state index is 6.22. The zero-order valence-corrected chi connectivity index (χ0v) is 14.8. The van der Waals surface area contributed by atoms with Crippen LogP contribution in [0.5, 0.6) is 0 Å². The lowest BCUT2D eigenvalue weighted by molar-refractivity contribution is -0.395. The summed E-state index contributed by atoms with van der Waals surface area (Å²) in [6.07, 6.45) is 12.6. The Morgan fingerprint density at radius 2 is 1.95 bits per heavy atom. The number of rotatable bonds is 7. The van der Waals surface area contributed by atoms with E-state index in [4.69, 9.17) is 14.5 Å². The first-order valence-electron chi connectivity index (χ1n) is 9.26. The normalized spacial score (nSPS) is 36.0. The van der Waals surface area contributed by atoms with E-state index in [2.05, 4.69) is 33.8 Å². The first kappa shape index (κ1) is 18.0.